The van der Waals surface area contributed by atoms with Crippen molar-refractivity contribution in [2.45, 2.75) is 26.6 Å². The van der Waals surface area contributed by atoms with E-state index < -0.39 is 23.8 Å². The van der Waals surface area contributed by atoms with Crippen LogP contribution in [0.5, 0.6) is 5.75 Å². The predicted octanol–water partition coefficient (Wildman–Crippen LogP) is 2.05. The van der Waals surface area contributed by atoms with Crippen molar-refractivity contribution in [3.63, 3.8) is 0 Å². The maximum atomic E-state index is 13.2. The number of imidazole rings is 1. The van der Waals surface area contributed by atoms with Crippen molar-refractivity contribution in [2.75, 3.05) is 13.2 Å². The monoisotopic (exact) mass is 448 g/mol. The van der Waals surface area contributed by atoms with E-state index in [2.05, 4.69) is 4.98 Å². The lowest BCUT2D eigenvalue weighted by molar-refractivity contribution is -0.145. The van der Waals surface area contributed by atoms with Crippen molar-refractivity contribution in [3.8, 4) is 5.75 Å². The molecule has 170 valence electrons. The Morgan fingerprint density at radius 2 is 1.64 bits per heavy atom. The van der Waals surface area contributed by atoms with E-state index in [1.54, 1.807) is 16.7 Å². The first-order valence-electron chi connectivity index (χ1n) is 10.6. The van der Waals surface area contributed by atoms with Gasteiger partial charge in [0.2, 0.25) is 0 Å². The molecule has 0 saturated carbocycles. The van der Waals surface area contributed by atoms with Gasteiger partial charge in [0.05, 0.1) is 12.9 Å². The summed E-state index contributed by atoms with van der Waals surface area (Å²) in [6, 6.07) is 18.5. The number of aryl methyl sites for hydroxylation is 1. The molecule has 0 bridgehead atoms. The topological polar surface area (TPSA) is 97.4 Å². The molecule has 0 fully saturated rings. The van der Waals surface area contributed by atoms with Gasteiger partial charge in [0.1, 0.15) is 25.5 Å². The van der Waals surface area contributed by atoms with E-state index in [1.807, 2.05) is 55.5 Å². The molecule has 0 atom stereocenters. The Balaban J connectivity index is 1.56. The van der Waals surface area contributed by atoms with Gasteiger partial charge in [0.15, 0.2) is 11.2 Å². The van der Waals surface area contributed by atoms with E-state index in [4.69, 9.17) is 9.47 Å². The Labute approximate surface area is 189 Å². The second kappa shape index (κ2) is 9.99. The Morgan fingerprint density at radius 3 is 2.33 bits per heavy atom. The van der Waals surface area contributed by atoms with Gasteiger partial charge in [-0.1, -0.05) is 48.5 Å². The zero-order valence-corrected chi connectivity index (χ0v) is 18.2. The van der Waals surface area contributed by atoms with E-state index in [0.29, 0.717) is 12.3 Å². The van der Waals surface area contributed by atoms with Crippen LogP contribution in [0.2, 0.25) is 0 Å². The van der Waals surface area contributed by atoms with Crippen LogP contribution in [0, 0.1) is 0 Å². The molecule has 0 saturated heterocycles. The van der Waals surface area contributed by atoms with Gasteiger partial charge in [-0.15, -0.1) is 0 Å². The average Bonchev–Trinajstić information content (AvgIpc) is 3.28. The maximum Gasteiger partial charge on any atom is 0.333 e. The first-order chi connectivity index (χ1) is 16.1. The van der Waals surface area contributed by atoms with Gasteiger partial charge in [-0.05, 0) is 24.6 Å². The van der Waals surface area contributed by atoms with Crippen LogP contribution >= 0.6 is 0 Å². The minimum Gasteiger partial charge on any atom is -0.490 e. The van der Waals surface area contributed by atoms with Crippen LogP contribution in [-0.4, -0.2) is 37.9 Å². The van der Waals surface area contributed by atoms with E-state index in [-0.39, 0.29) is 30.9 Å². The van der Waals surface area contributed by atoms with E-state index in [0.717, 1.165) is 10.1 Å². The highest BCUT2D eigenvalue weighted by molar-refractivity contribution is 5.72. The molecule has 4 aromatic rings. The van der Waals surface area contributed by atoms with Crippen molar-refractivity contribution >= 4 is 17.1 Å². The lowest BCUT2D eigenvalue weighted by Gasteiger charge is -2.12. The molecule has 9 nitrogen and oxygen atoms in total. The zero-order valence-electron chi connectivity index (χ0n) is 18.2. The largest absolute Gasteiger partial charge is 0.490 e. The third-order valence-corrected chi connectivity index (χ3v) is 5.15. The molecule has 2 heterocycles. The van der Waals surface area contributed by atoms with Crippen LogP contribution in [0.25, 0.3) is 11.2 Å². The molecule has 0 radical (unpaired) electrons. The van der Waals surface area contributed by atoms with E-state index >= 15 is 0 Å². The number of aromatic nitrogens is 4. The fraction of sp³-hybridized carbons (Fsp3) is 0.250. The third-order valence-electron chi connectivity index (χ3n) is 5.15. The highest BCUT2D eigenvalue weighted by Crippen LogP contribution is 2.10. The predicted molar refractivity (Wildman–Crippen MR) is 122 cm³/mol. The SMILES string of the molecule is CCn1cnc2c1c(=O)n(CC(=O)OCCOc1ccccc1)c(=O)n2Cc1ccccc1. The van der Waals surface area contributed by atoms with E-state index in [1.165, 1.54) is 10.9 Å². The van der Waals surface area contributed by atoms with Gasteiger partial charge >= 0.3 is 11.7 Å². The average molecular weight is 448 g/mol. The summed E-state index contributed by atoms with van der Waals surface area (Å²) in [4.78, 5) is 43.0. The highest BCUT2D eigenvalue weighted by Gasteiger charge is 2.20. The molecule has 2 aromatic heterocycles. The molecular formula is C24H24N4O5. The number of benzene rings is 2. The molecule has 4 rings (SSSR count). The molecule has 0 aliphatic heterocycles. The Bertz CT molecular complexity index is 1360. The van der Waals surface area contributed by atoms with Gasteiger partial charge in [0, 0.05) is 6.54 Å². The molecule has 0 N–H and O–H groups in total. The minimum absolute atomic E-state index is 0.00415. The number of hydrogen-bond donors (Lipinski definition) is 0. The summed E-state index contributed by atoms with van der Waals surface area (Å²) in [6.45, 7) is 2.25. The van der Waals surface area contributed by atoms with Crippen LogP contribution in [-0.2, 0) is 29.2 Å². The number of para-hydroxylation sites is 1. The van der Waals surface area contributed by atoms with Gasteiger partial charge in [-0.3, -0.25) is 14.2 Å². The summed E-state index contributed by atoms with van der Waals surface area (Å²) < 4.78 is 14.7. The van der Waals surface area contributed by atoms with Gasteiger partial charge < -0.3 is 14.0 Å². The number of esters is 1. The van der Waals surface area contributed by atoms with Crippen LogP contribution in [0.4, 0.5) is 0 Å². The zero-order chi connectivity index (χ0) is 23.2. The first kappa shape index (κ1) is 22.1. The summed E-state index contributed by atoms with van der Waals surface area (Å²) >= 11 is 0. The quantitative estimate of drug-likeness (QED) is 0.287. The molecule has 33 heavy (non-hydrogen) atoms. The Morgan fingerprint density at radius 1 is 0.939 bits per heavy atom. The molecule has 9 heteroatoms. The van der Waals surface area contributed by atoms with Gasteiger partial charge in [-0.25, -0.2) is 14.3 Å². The molecule has 0 spiro atoms. The number of ether oxygens (including phenoxy) is 2. The van der Waals surface area contributed by atoms with Crippen LogP contribution in [0.1, 0.15) is 12.5 Å². The van der Waals surface area contributed by atoms with Gasteiger partial charge in [-0.2, -0.15) is 0 Å². The van der Waals surface area contributed by atoms with Crippen LogP contribution < -0.4 is 16.0 Å². The molecule has 0 unspecified atom stereocenters. The third kappa shape index (κ3) is 4.87. The summed E-state index contributed by atoms with van der Waals surface area (Å²) in [7, 11) is 0. The maximum absolute atomic E-state index is 13.2. The number of rotatable bonds is 9. The number of nitrogens with zero attached hydrogens (tertiary/aromatic N) is 4. The van der Waals surface area contributed by atoms with Crippen molar-refractivity contribution < 1.29 is 14.3 Å². The van der Waals surface area contributed by atoms with Crippen molar-refractivity contribution in [1.29, 1.82) is 0 Å². The summed E-state index contributed by atoms with van der Waals surface area (Å²) in [6.07, 6.45) is 1.52. The van der Waals surface area contributed by atoms with Crippen molar-refractivity contribution in [2.24, 2.45) is 0 Å². The molecule has 0 aliphatic rings. The smallest absolute Gasteiger partial charge is 0.333 e. The number of fused-ring (bicyclic) bond motifs is 1. The Hall–Kier alpha value is -4.14. The van der Waals surface area contributed by atoms with Crippen molar-refractivity contribution in [3.05, 3.63) is 93.4 Å². The normalized spacial score (nSPS) is 10.9. The molecule has 0 aliphatic carbocycles. The fourth-order valence-electron chi connectivity index (χ4n) is 3.53. The molecule has 2 aromatic carbocycles. The second-order valence-electron chi connectivity index (χ2n) is 7.33. The summed E-state index contributed by atoms with van der Waals surface area (Å²) in [5.41, 5.74) is 0.244. The van der Waals surface area contributed by atoms with Crippen LogP contribution in [0.15, 0.2) is 76.6 Å². The van der Waals surface area contributed by atoms with E-state index in [9.17, 15) is 14.4 Å². The molecule has 0 amide bonds. The standard InChI is InChI=1S/C24H24N4O5/c1-2-26-17-25-22-21(26)23(30)28(24(31)27(22)15-18-9-5-3-6-10-18)16-20(29)33-14-13-32-19-11-7-4-8-12-19/h3-12,17H,2,13-16H2,1H3. The van der Waals surface area contributed by atoms with Crippen LogP contribution in [0.3, 0.4) is 0 Å². The molecular weight excluding hydrogens is 424 g/mol. The highest BCUT2D eigenvalue weighted by atomic mass is 16.6. The lowest BCUT2D eigenvalue weighted by atomic mass is 10.2. The number of carbonyl (C=O) groups is 1. The fourth-order valence-corrected chi connectivity index (χ4v) is 3.53. The summed E-state index contributed by atoms with van der Waals surface area (Å²) in [5, 5.41) is 0. The summed E-state index contributed by atoms with van der Waals surface area (Å²) in [5.74, 6) is -0.0362. The number of hydrogen-bond acceptors (Lipinski definition) is 6. The number of carbonyl (C=O) groups excluding carboxylic acids is 1. The first-order valence-corrected chi connectivity index (χ1v) is 10.6. The second-order valence-corrected chi connectivity index (χ2v) is 7.33. The van der Waals surface area contributed by atoms with Gasteiger partial charge in [0.25, 0.3) is 5.56 Å². The minimum atomic E-state index is -0.695. The van der Waals surface area contributed by atoms with Crippen molar-refractivity contribution in [1.82, 2.24) is 18.7 Å². The Kier molecular flexibility index (Phi) is 6.68. The lowest BCUT2D eigenvalue weighted by Crippen LogP contribution is -2.42.